The Kier molecular flexibility index (Phi) is 5.43. The standard InChI is InChI=1S/C18H14FN3O3S/c1-11(23)12-4-3-7-15(9-12)20-16(24)10-26-18-22-21-17(25-18)13-5-2-6-14(19)8-13/h2-9H,10H2,1H3,(H,20,24). The summed E-state index contributed by atoms with van der Waals surface area (Å²) in [6, 6.07) is 12.5. The molecule has 0 radical (unpaired) electrons. The Bertz CT molecular complexity index is 958. The number of nitrogens with zero attached hydrogens (tertiary/aromatic N) is 2. The molecule has 1 aromatic heterocycles. The number of hydrogen-bond acceptors (Lipinski definition) is 6. The Morgan fingerprint density at radius 1 is 1.15 bits per heavy atom. The highest BCUT2D eigenvalue weighted by Gasteiger charge is 2.12. The van der Waals surface area contributed by atoms with Gasteiger partial charge in [-0.2, -0.15) is 0 Å². The molecule has 26 heavy (non-hydrogen) atoms. The van der Waals surface area contributed by atoms with E-state index in [1.165, 1.54) is 19.1 Å². The fraction of sp³-hybridized carbons (Fsp3) is 0.111. The number of ketones is 1. The maximum Gasteiger partial charge on any atom is 0.277 e. The molecule has 132 valence electrons. The van der Waals surface area contributed by atoms with E-state index in [0.29, 0.717) is 16.8 Å². The Balaban J connectivity index is 1.58. The maximum absolute atomic E-state index is 13.2. The van der Waals surface area contributed by atoms with Gasteiger partial charge in [0.2, 0.25) is 11.8 Å². The van der Waals surface area contributed by atoms with Gasteiger partial charge in [0, 0.05) is 16.8 Å². The summed E-state index contributed by atoms with van der Waals surface area (Å²) >= 11 is 1.06. The number of anilines is 1. The molecule has 1 heterocycles. The van der Waals surface area contributed by atoms with E-state index < -0.39 is 5.82 Å². The number of rotatable bonds is 6. The summed E-state index contributed by atoms with van der Waals surface area (Å²) in [4.78, 5) is 23.4. The molecule has 2 aromatic carbocycles. The van der Waals surface area contributed by atoms with E-state index in [9.17, 15) is 14.0 Å². The van der Waals surface area contributed by atoms with Crippen molar-refractivity contribution in [3.8, 4) is 11.5 Å². The maximum atomic E-state index is 13.2. The second-order valence-corrected chi connectivity index (χ2v) is 6.28. The summed E-state index contributed by atoms with van der Waals surface area (Å²) in [5, 5.41) is 10.6. The molecule has 0 aliphatic rings. The number of aromatic nitrogens is 2. The van der Waals surface area contributed by atoms with E-state index >= 15 is 0 Å². The second kappa shape index (κ2) is 7.92. The van der Waals surface area contributed by atoms with Gasteiger partial charge in [-0.15, -0.1) is 10.2 Å². The minimum Gasteiger partial charge on any atom is -0.411 e. The molecular weight excluding hydrogens is 357 g/mol. The molecule has 8 heteroatoms. The number of benzene rings is 2. The highest BCUT2D eigenvalue weighted by atomic mass is 32.2. The van der Waals surface area contributed by atoms with Crippen LogP contribution in [-0.4, -0.2) is 27.6 Å². The molecule has 0 saturated heterocycles. The highest BCUT2D eigenvalue weighted by molar-refractivity contribution is 7.99. The van der Waals surface area contributed by atoms with Crippen molar-refractivity contribution in [2.24, 2.45) is 0 Å². The molecule has 3 rings (SSSR count). The van der Waals surface area contributed by atoms with E-state index in [-0.39, 0.29) is 28.6 Å². The molecule has 0 fully saturated rings. The number of amides is 1. The first kappa shape index (κ1) is 17.8. The van der Waals surface area contributed by atoms with Crippen LogP contribution >= 0.6 is 11.8 Å². The minimum absolute atomic E-state index is 0.0507. The molecule has 1 amide bonds. The average molecular weight is 371 g/mol. The number of thioether (sulfide) groups is 1. The lowest BCUT2D eigenvalue weighted by Gasteiger charge is -2.05. The van der Waals surface area contributed by atoms with Crippen molar-refractivity contribution in [2.45, 2.75) is 12.1 Å². The zero-order valence-electron chi connectivity index (χ0n) is 13.7. The Hall–Kier alpha value is -3.00. The van der Waals surface area contributed by atoms with Crippen molar-refractivity contribution in [1.82, 2.24) is 10.2 Å². The summed E-state index contributed by atoms with van der Waals surface area (Å²) in [6.45, 7) is 1.46. The van der Waals surface area contributed by atoms with Gasteiger partial charge in [0.05, 0.1) is 5.75 Å². The lowest BCUT2D eigenvalue weighted by Crippen LogP contribution is -2.14. The molecule has 3 aromatic rings. The summed E-state index contributed by atoms with van der Waals surface area (Å²) in [6.07, 6.45) is 0. The van der Waals surface area contributed by atoms with Gasteiger partial charge in [0.1, 0.15) is 5.82 Å². The third kappa shape index (κ3) is 4.54. The summed E-state index contributed by atoms with van der Waals surface area (Å²) in [7, 11) is 0. The molecule has 0 atom stereocenters. The molecule has 0 saturated carbocycles. The number of Topliss-reactive ketones (excluding diaryl/α,β-unsaturated/α-hetero) is 1. The van der Waals surface area contributed by atoms with Crippen LogP contribution in [0, 0.1) is 5.82 Å². The Labute approximate surface area is 152 Å². The smallest absolute Gasteiger partial charge is 0.277 e. The molecule has 6 nitrogen and oxygen atoms in total. The SMILES string of the molecule is CC(=O)c1cccc(NC(=O)CSc2nnc(-c3cccc(F)c3)o2)c1. The van der Waals surface area contributed by atoms with Crippen molar-refractivity contribution in [3.05, 3.63) is 59.9 Å². The van der Waals surface area contributed by atoms with Gasteiger partial charge in [-0.3, -0.25) is 9.59 Å². The number of nitrogens with one attached hydrogen (secondary N) is 1. The van der Waals surface area contributed by atoms with E-state index in [1.54, 1.807) is 36.4 Å². The van der Waals surface area contributed by atoms with Gasteiger partial charge in [-0.1, -0.05) is 30.0 Å². The van der Waals surface area contributed by atoms with Gasteiger partial charge in [-0.05, 0) is 37.3 Å². The van der Waals surface area contributed by atoms with Crippen molar-refractivity contribution in [3.63, 3.8) is 0 Å². The van der Waals surface area contributed by atoms with Crippen LogP contribution < -0.4 is 5.32 Å². The van der Waals surface area contributed by atoms with Crippen LogP contribution in [0.2, 0.25) is 0 Å². The Morgan fingerprint density at radius 2 is 1.96 bits per heavy atom. The summed E-state index contributed by atoms with van der Waals surface area (Å²) < 4.78 is 18.7. The van der Waals surface area contributed by atoms with Crippen LogP contribution in [0.15, 0.2) is 58.2 Å². The normalized spacial score (nSPS) is 10.5. The molecule has 0 aliphatic carbocycles. The van der Waals surface area contributed by atoms with Crippen molar-refractivity contribution >= 4 is 29.1 Å². The van der Waals surface area contributed by atoms with E-state index in [0.717, 1.165) is 11.8 Å². The number of carbonyl (C=O) groups is 2. The average Bonchev–Trinajstić information content (AvgIpc) is 3.09. The predicted molar refractivity (Wildman–Crippen MR) is 95.5 cm³/mol. The van der Waals surface area contributed by atoms with Crippen molar-refractivity contribution in [1.29, 1.82) is 0 Å². The van der Waals surface area contributed by atoms with Gasteiger partial charge < -0.3 is 9.73 Å². The molecule has 0 bridgehead atoms. The van der Waals surface area contributed by atoms with E-state index in [4.69, 9.17) is 4.42 Å². The summed E-state index contributed by atoms with van der Waals surface area (Å²) in [5.41, 5.74) is 1.52. The van der Waals surface area contributed by atoms with Gasteiger partial charge in [0.15, 0.2) is 5.78 Å². The number of carbonyl (C=O) groups excluding carboxylic acids is 2. The van der Waals surface area contributed by atoms with Crippen LogP contribution in [0.3, 0.4) is 0 Å². The second-order valence-electron chi connectivity index (χ2n) is 5.36. The van der Waals surface area contributed by atoms with Crippen LogP contribution in [0.25, 0.3) is 11.5 Å². The Morgan fingerprint density at radius 3 is 2.73 bits per heavy atom. The molecule has 0 aliphatic heterocycles. The number of halogens is 1. The molecule has 1 N–H and O–H groups in total. The fourth-order valence-corrected chi connectivity index (χ4v) is 2.71. The topological polar surface area (TPSA) is 85.1 Å². The third-order valence-corrected chi connectivity index (χ3v) is 4.18. The molecule has 0 spiro atoms. The van der Waals surface area contributed by atoms with Gasteiger partial charge in [-0.25, -0.2) is 4.39 Å². The zero-order chi connectivity index (χ0) is 18.5. The first-order valence-electron chi connectivity index (χ1n) is 7.64. The zero-order valence-corrected chi connectivity index (χ0v) is 14.5. The summed E-state index contributed by atoms with van der Waals surface area (Å²) in [5.74, 6) is -0.522. The molecule has 0 unspecified atom stereocenters. The number of hydrogen-bond donors (Lipinski definition) is 1. The lowest BCUT2D eigenvalue weighted by molar-refractivity contribution is -0.113. The van der Waals surface area contributed by atoms with Crippen molar-refractivity contribution < 1.29 is 18.4 Å². The van der Waals surface area contributed by atoms with Crippen LogP contribution in [0.1, 0.15) is 17.3 Å². The third-order valence-electron chi connectivity index (χ3n) is 3.36. The largest absolute Gasteiger partial charge is 0.411 e. The lowest BCUT2D eigenvalue weighted by atomic mass is 10.1. The predicted octanol–water partition coefficient (Wildman–Crippen LogP) is 3.81. The van der Waals surface area contributed by atoms with Crippen molar-refractivity contribution in [2.75, 3.05) is 11.1 Å². The van der Waals surface area contributed by atoms with E-state index in [2.05, 4.69) is 15.5 Å². The first-order valence-corrected chi connectivity index (χ1v) is 8.63. The highest BCUT2D eigenvalue weighted by Crippen LogP contribution is 2.23. The van der Waals surface area contributed by atoms with Crippen LogP contribution in [0.5, 0.6) is 0 Å². The fourth-order valence-electron chi connectivity index (χ4n) is 2.15. The minimum atomic E-state index is -0.401. The monoisotopic (exact) mass is 371 g/mol. The van der Waals surface area contributed by atoms with Gasteiger partial charge >= 0.3 is 0 Å². The molecular formula is C18H14FN3O3S. The first-order chi connectivity index (χ1) is 12.5. The van der Waals surface area contributed by atoms with Gasteiger partial charge in [0.25, 0.3) is 5.22 Å². The quantitative estimate of drug-likeness (QED) is 0.524. The van der Waals surface area contributed by atoms with E-state index in [1.807, 2.05) is 0 Å². The van der Waals surface area contributed by atoms with Crippen LogP contribution in [0.4, 0.5) is 10.1 Å². The van der Waals surface area contributed by atoms with Crippen LogP contribution in [-0.2, 0) is 4.79 Å².